The number of fused-ring (bicyclic) bond motifs is 1. The van der Waals surface area contributed by atoms with Gasteiger partial charge < -0.3 is 14.2 Å². The second-order valence-corrected chi connectivity index (χ2v) is 6.25. The van der Waals surface area contributed by atoms with E-state index in [2.05, 4.69) is 20.3 Å². The first kappa shape index (κ1) is 15.6. The quantitative estimate of drug-likeness (QED) is 0.688. The molecule has 0 aliphatic carbocycles. The molecule has 0 aromatic carbocycles. The van der Waals surface area contributed by atoms with E-state index < -0.39 is 0 Å². The zero-order chi connectivity index (χ0) is 17.6. The van der Waals surface area contributed by atoms with Crippen molar-refractivity contribution in [1.82, 2.24) is 29.7 Å². The minimum Gasteiger partial charge on any atom is -0.408 e. The smallest absolute Gasteiger partial charge is 0.318 e. The number of carbonyl (C=O) groups is 1. The third kappa shape index (κ3) is 2.61. The van der Waals surface area contributed by atoms with Crippen LogP contribution in [0.1, 0.15) is 28.9 Å². The van der Waals surface area contributed by atoms with Gasteiger partial charge in [0.05, 0.1) is 5.69 Å². The predicted octanol–water partition coefficient (Wildman–Crippen LogP) is 1.08. The highest BCUT2D eigenvalue weighted by Crippen LogP contribution is 2.22. The van der Waals surface area contributed by atoms with Crippen molar-refractivity contribution in [2.45, 2.75) is 26.8 Å². The molecule has 1 aliphatic heterocycles. The fourth-order valence-corrected chi connectivity index (χ4v) is 3.23. The maximum absolute atomic E-state index is 13.1. The summed E-state index contributed by atoms with van der Waals surface area (Å²) in [7, 11) is 0. The second kappa shape index (κ2) is 5.83. The highest BCUT2D eigenvalue weighted by molar-refractivity contribution is 6.01. The third-order valence-corrected chi connectivity index (χ3v) is 4.46. The highest BCUT2D eigenvalue weighted by atomic mass is 16.4. The summed E-state index contributed by atoms with van der Waals surface area (Å²) in [6.07, 6.45) is 3.47. The van der Waals surface area contributed by atoms with E-state index in [1.165, 1.54) is 0 Å². The summed E-state index contributed by atoms with van der Waals surface area (Å²) in [5, 5.41) is 12.3. The molecule has 0 N–H and O–H groups in total. The summed E-state index contributed by atoms with van der Waals surface area (Å²) in [4.78, 5) is 21.2. The number of rotatable bonds is 2. The first-order chi connectivity index (χ1) is 12.0. The van der Waals surface area contributed by atoms with Crippen LogP contribution in [0, 0.1) is 13.8 Å². The summed E-state index contributed by atoms with van der Waals surface area (Å²) in [6.45, 7) is 7.43. The molecule has 25 heavy (non-hydrogen) atoms. The molecule has 1 atom stereocenters. The fraction of sp³-hybridized carbons (Fsp3) is 0.438. The number of carbonyl (C=O) groups excluding carboxylic acids is 1. The highest BCUT2D eigenvalue weighted by Gasteiger charge is 2.32. The minimum atomic E-state index is -0.0422. The van der Waals surface area contributed by atoms with Gasteiger partial charge in [0.15, 0.2) is 5.65 Å². The molecular formula is C16H19N7O2. The molecule has 3 aromatic rings. The first-order valence-electron chi connectivity index (χ1n) is 8.20. The minimum absolute atomic E-state index is 0.0422. The van der Waals surface area contributed by atoms with Crippen LogP contribution in [0.2, 0.25) is 0 Å². The van der Waals surface area contributed by atoms with Crippen LogP contribution in [0.5, 0.6) is 0 Å². The summed E-state index contributed by atoms with van der Waals surface area (Å²) >= 11 is 0. The molecule has 0 radical (unpaired) electrons. The number of aromatic nitrogens is 5. The molecular weight excluding hydrogens is 322 g/mol. The van der Waals surface area contributed by atoms with Crippen molar-refractivity contribution in [2.24, 2.45) is 0 Å². The Morgan fingerprint density at radius 2 is 2.12 bits per heavy atom. The largest absolute Gasteiger partial charge is 0.408 e. The van der Waals surface area contributed by atoms with E-state index in [9.17, 15) is 4.79 Å². The average molecular weight is 341 g/mol. The number of amides is 1. The molecule has 130 valence electrons. The van der Waals surface area contributed by atoms with Gasteiger partial charge in [0, 0.05) is 45.0 Å². The number of nitrogens with zero attached hydrogens (tertiary/aromatic N) is 7. The average Bonchev–Trinajstić information content (AvgIpc) is 3.16. The lowest BCUT2D eigenvalue weighted by molar-refractivity contribution is 0.0724. The van der Waals surface area contributed by atoms with Crippen molar-refractivity contribution in [1.29, 1.82) is 0 Å². The molecule has 9 heteroatoms. The van der Waals surface area contributed by atoms with E-state index in [1.54, 1.807) is 29.9 Å². The zero-order valence-corrected chi connectivity index (χ0v) is 14.4. The molecule has 1 amide bonds. The number of piperazine rings is 1. The van der Waals surface area contributed by atoms with Crippen molar-refractivity contribution in [2.75, 3.05) is 24.5 Å². The van der Waals surface area contributed by atoms with Gasteiger partial charge in [0.2, 0.25) is 5.89 Å². The molecule has 1 aliphatic rings. The van der Waals surface area contributed by atoms with Crippen LogP contribution in [0.4, 0.5) is 6.01 Å². The van der Waals surface area contributed by atoms with Gasteiger partial charge in [-0.2, -0.15) is 5.10 Å². The first-order valence-corrected chi connectivity index (χ1v) is 8.20. The van der Waals surface area contributed by atoms with Crippen LogP contribution in [0.15, 0.2) is 22.9 Å². The number of hydrogen-bond donors (Lipinski definition) is 0. The Bertz CT molecular complexity index is 932. The maximum atomic E-state index is 13.1. The molecule has 3 aromatic heterocycles. The van der Waals surface area contributed by atoms with E-state index in [4.69, 9.17) is 4.42 Å². The number of hydrogen-bond acceptors (Lipinski definition) is 7. The Kier molecular flexibility index (Phi) is 3.63. The number of anilines is 1. The number of aryl methyl sites for hydroxylation is 2. The van der Waals surface area contributed by atoms with Gasteiger partial charge in [-0.3, -0.25) is 4.79 Å². The van der Waals surface area contributed by atoms with Gasteiger partial charge in [0.25, 0.3) is 5.91 Å². The monoisotopic (exact) mass is 341 g/mol. The van der Waals surface area contributed by atoms with E-state index in [1.807, 2.05) is 23.6 Å². The van der Waals surface area contributed by atoms with Gasteiger partial charge in [-0.1, -0.05) is 5.10 Å². The third-order valence-electron chi connectivity index (χ3n) is 4.46. The van der Waals surface area contributed by atoms with Gasteiger partial charge in [-0.05, 0) is 19.9 Å². The van der Waals surface area contributed by atoms with Crippen LogP contribution in [0.3, 0.4) is 0 Å². The Morgan fingerprint density at radius 1 is 1.28 bits per heavy atom. The Hall–Kier alpha value is -2.97. The Morgan fingerprint density at radius 3 is 2.84 bits per heavy atom. The van der Waals surface area contributed by atoms with Crippen LogP contribution < -0.4 is 4.90 Å². The molecule has 4 rings (SSSR count). The maximum Gasteiger partial charge on any atom is 0.318 e. The van der Waals surface area contributed by atoms with Crippen molar-refractivity contribution in [3.8, 4) is 0 Å². The Balaban J connectivity index is 1.57. The predicted molar refractivity (Wildman–Crippen MR) is 89.5 cm³/mol. The topological polar surface area (TPSA) is 92.7 Å². The van der Waals surface area contributed by atoms with Crippen LogP contribution >= 0.6 is 0 Å². The Labute approximate surface area is 144 Å². The molecule has 9 nitrogen and oxygen atoms in total. The van der Waals surface area contributed by atoms with E-state index in [0.717, 1.165) is 0 Å². The van der Waals surface area contributed by atoms with Crippen molar-refractivity contribution < 1.29 is 9.21 Å². The van der Waals surface area contributed by atoms with Crippen molar-refractivity contribution in [3.05, 3.63) is 35.6 Å². The standard InChI is InChI=1S/C16H19N7O2/c1-10-9-21(7-8-22(10)16-19-18-12(3)25-16)15(24)13-11(2)20-23-6-4-5-17-14(13)23/h4-6,10H,7-9H2,1-3H3. The summed E-state index contributed by atoms with van der Waals surface area (Å²) < 4.78 is 7.16. The lowest BCUT2D eigenvalue weighted by Gasteiger charge is -2.38. The summed E-state index contributed by atoms with van der Waals surface area (Å²) in [5.41, 5.74) is 1.84. The lowest BCUT2D eigenvalue weighted by atomic mass is 10.1. The van der Waals surface area contributed by atoms with Crippen LogP contribution in [-0.4, -0.2) is 61.3 Å². The molecule has 1 unspecified atom stereocenters. The van der Waals surface area contributed by atoms with E-state index in [-0.39, 0.29) is 11.9 Å². The molecule has 1 saturated heterocycles. The van der Waals surface area contributed by atoms with Gasteiger partial charge in [-0.15, -0.1) is 5.10 Å². The summed E-state index contributed by atoms with van der Waals surface area (Å²) in [6, 6.07) is 2.37. The molecule has 0 saturated carbocycles. The molecule has 4 heterocycles. The van der Waals surface area contributed by atoms with E-state index in [0.29, 0.717) is 48.4 Å². The van der Waals surface area contributed by atoms with Crippen molar-refractivity contribution >= 4 is 17.6 Å². The van der Waals surface area contributed by atoms with Crippen molar-refractivity contribution in [3.63, 3.8) is 0 Å². The zero-order valence-electron chi connectivity index (χ0n) is 14.4. The van der Waals surface area contributed by atoms with Crippen LogP contribution in [0.25, 0.3) is 5.65 Å². The van der Waals surface area contributed by atoms with E-state index >= 15 is 0 Å². The van der Waals surface area contributed by atoms with Gasteiger partial charge in [0.1, 0.15) is 5.56 Å². The lowest BCUT2D eigenvalue weighted by Crippen LogP contribution is -2.54. The van der Waals surface area contributed by atoms with Gasteiger partial charge >= 0.3 is 6.01 Å². The van der Waals surface area contributed by atoms with Crippen LogP contribution in [-0.2, 0) is 0 Å². The normalized spacial score (nSPS) is 18.1. The second-order valence-electron chi connectivity index (χ2n) is 6.25. The molecule has 0 spiro atoms. The SMILES string of the molecule is Cc1nnc(N2CCN(C(=O)c3c(C)nn4cccnc34)CC2C)o1. The van der Waals surface area contributed by atoms with Gasteiger partial charge in [-0.25, -0.2) is 9.50 Å². The fourth-order valence-electron chi connectivity index (χ4n) is 3.23. The summed E-state index contributed by atoms with van der Waals surface area (Å²) in [5.74, 6) is 0.494. The molecule has 0 bridgehead atoms. The molecule has 1 fully saturated rings.